The summed E-state index contributed by atoms with van der Waals surface area (Å²) in [5.41, 5.74) is 7.69. The lowest BCUT2D eigenvalue weighted by Gasteiger charge is -2.22. The van der Waals surface area contributed by atoms with Crippen LogP contribution in [0.1, 0.15) is 30.9 Å². The third-order valence-corrected chi connectivity index (χ3v) is 3.91. The van der Waals surface area contributed by atoms with Gasteiger partial charge in [0, 0.05) is 32.2 Å². The van der Waals surface area contributed by atoms with E-state index in [1.54, 1.807) is 0 Å². The first-order chi connectivity index (χ1) is 10.7. The molecule has 0 saturated carbocycles. The molecule has 1 amide bonds. The molecule has 0 aromatic heterocycles. The zero-order valence-corrected chi connectivity index (χ0v) is 13.2. The average Bonchev–Trinajstić information content (AvgIpc) is 2.58. The molecule has 0 spiro atoms. The third-order valence-electron chi connectivity index (χ3n) is 3.91. The highest BCUT2D eigenvalue weighted by atomic mass is 16.5. The Labute approximate surface area is 132 Å². The summed E-state index contributed by atoms with van der Waals surface area (Å²) in [5.74, 6) is -0.161. The summed E-state index contributed by atoms with van der Waals surface area (Å²) in [7, 11) is 0. The van der Waals surface area contributed by atoms with Crippen molar-refractivity contribution in [2.45, 2.75) is 39.0 Å². The molecule has 1 saturated heterocycles. The van der Waals surface area contributed by atoms with E-state index in [1.165, 1.54) is 0 Å². The van der Waals surface area contributed by atoms with Crippen LogP contribution in [0.2, 0.25) is 0 Å². The van der Waals surface area contributed by atoms with Gasteiger partial charge in [-0.05, 0) is 24.0 Å². The van der Waals surface area contributed by atoms with Crippen LogP contribution in [-0.2, 0) is 27.4 Å². The van der Waals surface area contributed by atoms with Gasteiger partial charge in [0.15, 0.2) is 0 Å². The molecule has 5 nitrogen and oxygen atoms in total. The Bertz CT molecular complexity index is 473. The fourth-order valence-electron chi connectivity index (χ4n) is 2.36. The summed E-state index contributed by atoms with van der Waals surface area (Å²) >= 11 is 0. The van der Waals surface area contributed by atoms with Gasteiger partial charge in [0.25, 0.3) is 0 Å². The van der Waals surface area contributed by atoms with Gasteiger partial charge in [0.2, 0.25) is 5.91 Å². The number of nitrogens with two attached hydrogens (primary N) is 1. The number of nitrogens with one attached hydrogen (secondary N) is 1. The van der Waals surface area contributed by atoms with Gasteiger partial charge in [-0.1, -0.05) is 31.2 Å². The van der Waals surface area contributed by atoms with Crippen molar-refractivity contribution in [2.24, 2.45) is 11.7 Å². The van der Waals surface area contributed by atoms with Gasteiger partial charge in [0.1, 0.15) is 0 Å². The van der Waals surface area contributed by atoms with E-state index < -0.39 is 0 Å². The highest BCUT2D eigenvalue weighted by Crippen LogP contribution is 2.14. The molecule has 0 bridgehead atoms. The number of hydrogen-bond acceptors (Lipinski definition) is 4. The first-order valence-corrected chi connectivity index (χ1v) is 7.94. The molecule has 2 rings (SSSR count). The van der Waals surface area contributed by atoms with E-state index in [1.807, 2.05) is 25.1 Å². The van der Waals surface area contributed by atoms with Crippen molar-refractivity contribution < 1.29 is 14.3 Å². The second-order valence-electron chi connectivity index (χ2n) is 5.80. The Morgan fingerprint density at radius 1 is 1.41 bits per heavy atom. The minimum Gasteiger partial charge on any atom is -0.381 e. The Kier molecular flexibility index (Phi) is 6.83. The fraction of sp³-hybridized carbons (Fsp3) is 0.588. The maximum atomic E-state index is 11.7. The van der Waals surface area contributed by atoms with Crippen LogP contribution in [0.15, 0.2) is 24.3 Å². The minimum absolute atomic E-state index is 0.00800. The lowest BCUT2D eigenvalue weighted by Crippen LogP contribution is -2.32. The molecular formula is C17H26N2O3. The average molecular weight is 306 g/mol. The van der Waals surface area contributed by atoms with Gasteiger partial charge in [-0.3, -0.25) is 4.79 Å². The fourth-order valence-corrected chi connectivity index (χ4v) is 2.36. The van der Waals surface area contributed by atoms with E-state index in [9.17, 15) is 4.79 Å². The zero-order chi connectivity index (χ0) is 15.8. The summed E-state index contributed by atoms with van der Waals surface area (Å²) in [6.07, 6.45) is 2.22. The van der Waals surface area contributed by atoms with Crippen molar-refractivity contribution in [1.29, 1.82) is 0 Å². The summed E-state index contributed by atoms with van der Waals surface area (Å²) in [4.78, 5) is 11.7. The Morgan fingerprint density at radius 3 is 2.86 bits per heavy atom. The number of hydrogen-bond donors (Lipinski definition) is 2. The summed E-state index contributed by atoms with van der Waals surface area (Å²) in [6.45, 7) is 4.89. The second kappa shape index (κ2) is 8.88. The van der Waals surface area contributed by atoms with Crippen molar-refractivity contribution in [3.05, 3.63) is 35.4 Å². The quantitative estimate of drug-likeness (QED) is 0.802. The molecule has 1 aromatic rings. The van der Waals surface area contributed by atoms with Crippen molar-refractivity contribution in [1.82, 2.24) is 5.32 Å². The van der Waals surface area contributed by atoms with Gasteiger partial charge in [-0.15, -0.1) is 0 Å². The lowest BCUT2D eigenvalue weighted by molar-refractivity contribution is -0.124. The summed E-state index contributed by atoms with van der Waals surface area (Å²) in [5, 5.41) is 2.91. The van der Waals surface area contributed by atoms with Crippen molar-refractivity contribution >= 4 is 5.91 Å². The first kappa shape index (κ1) is 16.9. The Balaban J connectivity index is 1.80. The van der Waals surface area contributed by atoms with Crippen molar-refractivity contribution in [3.8, 4) is 0 Å². The minimum atomic E-state index is -0.153. The van der Waals surface area contributed by atoms with E-state index in [0.717, 1.165) is 37.2 Å². The molecule has 1 unspecified atom stereocenters. The molecule has 0 aliphatic carbocycles. The van der Waals surface area contributed by atoms with Gasteiger partial charge in [-0.25, -0.2) is 0 Å². The van der Waals surface area contributed by atoms with E-state index in [2.05, 4.69) is 11.4 Å². The molecule has 0 radical (unpaired) electrons. The molecular weight excluding hydrogens is 280 g/mol. The number of rotatable bonds is 7. The SMILES string of the molecule is CC(CN)C(=O)NCc1cccc(COC2CCOCC2)c1. The summed E-state index contributed by atoms with van der Waals surface area (Å²) in [6, 6.07) is 8.13. The van der Waals surface area contributed by atoms with Crippen LogP contribution in [0, 0.1) is 5.92 Å². The maximum absolute atomic E-state index is 11.7. The van der Waals surface area contributed by atoms with E-state index in [-0.39, 0.29) is 11.8 Å². The monoisotopic (exact) mass is 306 g/mol. The second-order valence-corrected chi connectivity index (χ2v) is 5.80. The number of carbonyl (C=O) groups excluding carboxylic acids is 1. The molecule has 1 aromatic carbocycles. The Hall–Kier alpha value is -1.43. The predicted octanol–water partition coefficient (Wildman–Crippen LogP) is 1.59. The molecule has 5 heteroatoms. The molecule has 3 N–H and O–H groups in total. The molecule has 1 fully saturated rings. The molecule has 1 aliphatic heterocycles. The van der Waals surface area contributed by atoms with Gasteiger partial charge in [-0.2, -0.15) is 0 Å². The lowest BCUT2D eigenvalue weighted by atomic mass is 10.1. The highest BCUT2D eigenvalue weighted by molar-refractivity contribution is 5.78. The van der Waals surface area contributed by atoms with Gasteiger partial charge < -0.3 is 20.5 Å². The van der Waals surface area contributed by atoms with Crippen LogP contribution in [0.25, 0.3) is 0 Å². The molecule has 1 aliphatic rings. The van der Waals surface area contributed by atoms with Crippen LogP contribution in [0.4, 0.5) is 0 Å². The van der Waals surface area contributed by atoms with Crippen LogP contribution < -0.4 is 11.1 Å². The number of amides is 1. The van der Waals surface area contributed by atoms with Crippen LogP contribution in [-0.4, -0.2) is 31.8 Å². The number of benzene rings is 1. The first-order valence-electron chi connectivity index (χ1n) is 7.94. The maximum Gasteiger partial charge on any atom is 0.224 e. The molecule has 1 atom stereocenters. The smallest absolute Gasteiger partial charge is 0.224 e. The van der Waals surface area contributed by atoms with Crippen LogP contribution in [0.5, 0.6) is 0 Å². The normalized spacial score (nSPS) is 17.2. The molecule has 22 heavy (non-hydrogen) atoms. The third kappa shape index (κ3) is 5.40. The van der Waals surface area contributed by atoms with Crippen LogP contribution in [0.3, 0.4) is 0 Å². The summed E-state index contributed by atoms with van der Waals surface area (Å²) < 4.78 is 11.2. The van der Waals surface area contributed by atoms with E-state index in [0.29, 0.717) is 25.8 Å². The van der Waals surface area contributed by atoms with E-state index >= 15 is 0 Å². The highest BCUT2D eigenvalue weighted by Gasteiger charge is 2.14. The number of carbonyl (C=O) groups is 1. The Morgan fingerprint density at radius 2 is 2.14 bits per heavy atom. The van der Waals surface area contributed by atoms with Crippen molar-refractivity contribution in [3.63, 3.8) is 0 Å². The predicted molar refractivity (Wildman–Crippen MR) is 85.1 cm³/mol. The largest absolute Gasteiger partial charge is 0.381 e. The van der Waals surface area contributed by atoms with Crippen molar-refractivity contribution in [2.75, 3.05) is 19.8 Å². The van der Waals surface area contributed by atoms with Gasteiger partial charge in [0.05, 0.1) is 12.7 Å². The number of ether oxygens (including phenoxy) is 2. The molecule has 122 valence electrons. The van der Waals surface area contributed by atoms with Crippen LogP contribution >= 0.6 is 0 Å². The van der Waals surface area contributed by atoms with Gasteiger partial charge >= 0.3 is 0 Å². The van der Waals surface area contributed by atoms with E-state index in [4.69, 9.17) is 15.2 Å². The standard InChI is InChI=1S/C17H26N2O3/c1-13(10-18)17(20)19-11-14-3-2-4-15(9-14)12-22-16-5-7-21-8-6-16/h2-4,9,13,16H,5-8,10-12,18H2,1H3,(H,19,20). The topological polar surface area (TPSA) is 73.6 Å². The zero-order valence-electron chi connectivity index (χ0n) is 13.2. The molecule has 1 heterocycles.